The average molecular weight is 260 g/mol. The molecule has 2 aliphatic rings. The Hall–Kier alpha value is -1.39. The number of ether oxygens (including phenoxy) is 1. The second-order valence-corrected chi connectivity index (χ2v) is 5.22. The minimum absolute atomic E-state index is 0.0241. The van der Waals surface area contributed by atoms with E-state index in [0.717, 1.165) is 50.1 Å². The topological polar surface area (TPSA) is 50.4 Å². The van der Waals surface area contributed by atoms with Gasteiger partial charge in [-0.3, -0.25) is 4.79 Å². The highest BCUT2D eigenvalue weighted by Crippen LogP contribution is 2.18. The van der Waals surface area contributed by atoms with E-state index in [1.54, 1.807) is 0 Å². The third-order valence-corrected chi connectivity index (χ3v) is 3.90. The average Bonchev–Trinajstić information content (AvgIpc) is 2.97. The van der Waals surface area contributed by atoms with Crippen LogP contribution in [-0.4, -0.2) is 31.7 Å². The molecule has 1 unspecified atom stereocenters. The van der Waals surface area contributed by atoms with E-state index in [2.05, 4.69) is 16.7 Å². The number of carbonyl (C=O) groups is 1. The van der Waals surface area contributed by atoms with Crippen molar-refractivity contribution in [3.05, 3.63) is 34.9 Å². The molecule has 3 rings (SSSR count). The summed E-state index contributed by atoms with van der Waals surface area (Å²) >= 11 is 0. The van der Waals surface area contributed by atoms with Gasteiger partial charge in [-0.05, 0) is 43.0 Å². The maximum atomic E-state index is 12.3. The second-order valence-electron chi connectivity index (χ2n) is 5.22. The zero-order valence-corrected chi connectivity index (χ0v) is 11.1. The highest BCUT2D eigenvalue weighted by molar-refractivity contribution is 5.96. The van der Waals surface area contributed by atoms with E-state index in [9.17, 15) is 4.79 Å². The van der Waals surface area contributed by atoms with Crippen LogP contribution in [0.25, 0.3) is 0 Å². The molecule has 1 aromatic rings. The molecule has 2 heterocycles. The number of hydrogen-bond acceptors (Lipinski definition) is 3. The SMILES string of the molecule is O=C(NCC1CCCO1)c1cccc2c1CNCC2. The van der Waals surface area contributed by atoms with Crippen molar-refractivity contribution in [1.29, 1.82) is 0 Å². The maximum absolute atomic E-state index is 12.3. The van der Waals surface area contributed by atoms with Crippen LogP contribution in [-0.2, 0) is 17.7 Å². The summed E-state index contributed by atoms with van der Waals surface area (Å²) in [7, 11) is 0. The molecule has 0 radical (unpaired) electrons. The minimum Gasteiger partial charge on any atom is -0.376 e. The van der Waals surface area contributed by atoms with E-state index in [4.69, 9.17) is 4.74 Å². The van der Waals surface area contributed by atoms with Gasteiger partial charge in [-0.2, -0.15) is 0 Å². The lowest BCUT2D eigenvalue weighted by molar-refractivity contribution is 0.0856. The summed E-state index contributed by atoms with van der Waals surface area (Å²) in [4.78, 5) is 12.3. The van der Waals surface area contributed by atoms with Crippen molar-refractivity contribution in [3.63, 3.8) is 0 Å². The lowest BCUT2D eigenvalue weighted by Crippen LogP contribution is -2.34. The Balaban J connectivity index is 1.68. The largest absolute Gasteiger partial charge is 0.376 e. The molecule has 1 fully saturated rings. The summed E-state index contributed by atoms with van der Waals surface area (Å²) in [5, 5.41) is 6.33. The summed E-state index contributed by atoms with van der Waals surface area (Å²) in [6.07, 6.45) is 3.35. The van der Waals surface area contributed by atoms with Gasteiger partial charge in [0.15, 0.2) is 0 Å². The molecule has 1 amide bonds. The zero-order chi connectivity index (χ0) is 13.1. The number of fused-ring (bicyclic) bond motifs is 1. The molecule has 0 aliphatic carbocycles. The molecule has 0 aromatic heterocycles. The Morgan fingerprint density at radius 3 is 3.26 bits per heavy atom. The molecule has 2 aliphatic heterocycles. The fourth-order valence-corrected chi connectivity index (χ4v) is 2.83. The van der Waals surface area contributed by atoms with Crippen molar-refractivity contribution in [3.8, 4) is 0 Å². The number of benzene rings is 1. The molecule has 19 heavy (non-hydrogen) atoms. The minimum atomic E-state index is 0.0241. The van der Waals surface area contributed by atoms with E-state index >= 15 is 0 Å². The quantitative estimate of drug-likeness (QED) is 0.859. The smallest absolute Gasteiger partial charge is 0.251 e. The molecule has 0 saturated carbocycles. The van der Waals surface area contributed by atoms with Crippen LogP contribution in [0.1, 0.15) is 34.3 Å². The van der Waals surface area contributed by atoms with Crippen LogP contribution in [0.2, 0.25) is 0 Å². The van der Waals surface area contributed by atoms with Gasteiger partial charge >= 0.3 is 0 Å². The number of rotatable bonds is 3. The van der Waals surface area contributed by atoms with Gasteiger partial charge in [0.25, 0.3) is 5.91 Å². The fourth-order valence-electron chi connectivity index (χ4n) is 2.83. The van der Waals surface area contributed by atoms with Crippen LogP contribution >= 0.6 is 0 Å². The van der Waals surface area contributed by atoms with Crippen LogP contribution in [0.3, 0.4) is 0 Å². The van der Waals surface area contributed by atoms with E-state index in [1.807, 2.05) is 12.1 Å². The first-order valence-electron chi connectivity index (χ1n) is 7.06. The molecule has 102 valence electrons. The Morgan fingerprint density at radius 1 is 1.47 bits per heavy atom. The highest BCUT2D eigenvalue weighted by Gasteiger charge is 2.19. The molecule has 1 aromatic carbocycles. The van der Waals surface area contributed by atoms with Gasteiger partial charge in [-0.15, -0.1) is 0 Å². The Kier molecular flexibility index (Phi) is 3.80. The lowest BCUT2D eigenvalue weighted by Gasteiger charge is -2.20. The standard InChI is InChI=1S/C15H20N2O2/c18-15(17-9-12-4-2-8-19-12)13-5-1-3-11-6-7-16-10-14(11)13/h1,3,5,12,16H,2,4,6-10H2,(H,17,18). The predicted octanol–water partition coefficient (Wildman–Crippen LogP) is 1.24. The normalized spacial score (nSPS) is 22.0. The number of nitrogens with one attached hydrogen (secondary N) is 2. The fraction of sp³-hybridized carbons (Fsp3) is 0.533. The number of hydrogen-bond donors (Lipinski definition) is 2. The molecular weight excluding hydrogens is 240 g/mol. The first-order valence-corrected chi connectivity index (χ1v) is 7.06. The van der Waals surface area contributed by atoms with Gasteiger partial charge in [0.1, 0.15) is 0 Å². The van der Waals surface area contributed by atoms with Crippen LogP contribution in [0.4, 0.5) is 0 Å². The second kappa shape index (κ2) is 5.72. The van der Waals surface area contributed by atoms with Crippen molar-refractivity contribution in [2.45, 2.75) is 31.9 Å². The van der Waals surface area contributed by atoms with Crippen LogP contribution in [0, 0.1) is 0 Å². The summed E-state index contributed by atoms with van der Waals surface area (Å²) < 4.78 is 5.52. The molecular formula is C15H20N2O2. The lowest BCUT2D eigenvalue weighted by atomic mass is 9.95. The summed E-state index contributed by atoms with van der Waals surface area (Å²) in [6, 6.07) is 6.01. The molecule has 4 heteroatoms. The summed E-state index contributed by atoms with van der Waals surface area (Å²) in [5.74, 6) is 0.0241. The van der Waals surface area contributed by atoms with Gasteiger partial charge < -0.3 is 15.4 Å². The predicted molar refractivity (Wildman–Crippen MR) is 73.2 cm³/mol. The maximum Gasteiger partial charge on any atom is 0.251 e. The van der Waals surface area contributed by atoms with Gasteiger partial charge in [-0.25, -0.2) is 0 Å². The first-order chi connectivity index (χ1) is 9.34. The molecule has 4 nitrogen and oxygen atoms in total. The summed E-state index contributed by atoms with van der Waals surface area (Å²) in [5.41, 5.74) is 3.25. The van der Waals surface area contributed by atoms with Gasteiger partial charge in [0.05, 0.1) is 6.10 Å². The Labute approximate surface area is 113 Å². The number of amides is 1. The monoisotopic (exact) mass is 260 g/mol. The molecule has 0 bridgehead atoms. The van der Waals surface area contributed by atoms with Crippen LogP contribution in [0.15, 0.2) is 18.2 Å². The van der Waals surface area contributed by atoms with E-state index < -0.39 is 0 Å². The van der Waals surface area contributed by atoms with E-state index in [1.165, 1.54) is 5.56 Å². The van der Waals surface area contributed by atoms with Gasteiger partial charge in [0, 0.05) is 25.3 Å². The molecule has 1 saturated heterocycles. The molecule has 2 N–H and O–H groups in total. The van der Waals surface area contributed by atoms with E-state index in [0.29, 0.717) is 6.54 Å². The third-order valence-electron chi connectivity index (χ3n) is 3.90. The van der Waals surface area contributed by atoms with Gasteiger partial charge in [0.2, 0.25) is 0 Å². The Bertz CT molecular complexity index is 467. The van der Waals surface area contributed by atoms with Crippen molar-refractivity contribution in [1.82, 2.24) is 10.6 Å². The van der Waals surface area contributed by atoms with Gasteiger partial charge in [-0.1, -0.05) is 12.1 Å². The third kappa shape index (κ3) is 2.80. The van der Waals surface area contributed by atoms with Crippen molar-refractivity contribution in [2.75, 3.05) is 19.7 Å². The molecule has 0 spiro atoms. The Morgan fingerprint density at radius 2 is 2.42 bits per heavy atom. The first kappa shape index (κ1) is 12.6. The number of carbonyl (C=O) groups excluding carboxylic acids is 1. The van der Waals surface area contributed by atoms with Crippen LogP contribution in [0.5, 0.6) is 0 Å². The zero-order valence-electron chi connectivity index (χ0n) is 11.1. The van der Waals surface area contributed by atoms with Crippen molar-refractivity contribution < 1.29 is 9.53 Å². The van der Waals surface area contributed by atoms with E-state index in [-0.39, 0.29) is 12.0 Å². The van der Waals surface area contributed by atoms with Crippen molar-refractivity contribution >= 4 is 5.91 Å². The molecule has 1 atom stereocenters. The summed E-state index contributed by atoms with van der Waals surface area (Å²) in [6.45, 7) is 3.23. The van der Waals surface area contributed by atoms with Crippen molar-refractivity contribution in [2.24, 2.45) is 0 Å². The highest BCUT2D eigenvalue weighted by atomic mass is 16.5. The van der Waals surface area contributed by atoms with Crippen LogP contribution < -0.4 is 10.6 Å².